The first-order valence-corrected chi connectivity index (χ1v) is 33.4. The fraction of sp³-hybridized carbons (Fsp3) is 0.194. The first-order chi connectivity index (χ1) is 46.7. The zero-order valence-electron chi connectivity index (χ0n) is 54.4. The molecule has 0 spiro atoms. The zero-order valence-corrected chi connectivity index (χ0v) is 56.0. The van der Waals surface area contributed by atoms with Crippen LogP contribution in [0.25, 0.3) is 22.5 Å². The Bertz CT molecular complexity index is 4800. The first-order valence-electron chi connectivity index (χ1n) is 30.5. The van der Waals surface area contributed by atoms with Gasteiger partial charge in [0.15, 0.2) is 16.6 Å². The van der Waals surface area contributed by atoms with Gasteiger partial charge in [-0.15, -0.1) is 0 Å². The molecule has 10 rings (SSSR count). The summed E-state index contributed by atoms with van der Waals surface area (Å²) >= 11 is 0. The highest BCUT2D eigenvalue weighted by atomic mass is 32.2. The van der Waals surface area contributed by atoms with Crippen LogP contribution in [-0.2, 0) is 33.3 Å². The van der Waals surface area contributed by atoms with Gasteiger partial charge in [0.1, 0.15) is 59.0 Å². The molecule has 0 unspecified atom stereocenters. The van der Waals surface area contributed by atoms with Gasteiger partial charge >= 0.3 is 15.8 Å². The van der Waals surface area contributed by atoms with Gasteiger partial charge in [0, 0.05) is 35.0 Å². The van der Waals surface area contributed by atoms with Crippen molar-refractivity contribution in [1.82, 2.24) is 29.4 Å². The minimum atomic E-state index is -4.76. The average Bonchev–Trinajstić information content (AvgIpc) is 0.788. The molecule has 0 saturated carbocycles. The van der Waals surface area contributed by atoms with E-state index in [0.29, 0.717) is 52.7 Å². The summed E-state index contributed by atoms with van der Waals surface area (Å²) in [4.78, 5) is 54.8. The van der Waals surface area contributed by atoms with E-state index in [9.17, 15) is 45.3 Å². The molecule has 0 saturated heterocycles. The summed E-state index contributed by atoms with van der Waals surface area (Å²) in [5.41, 5.74) is 11.2. The number of hydrogen-bond acceptors (Lipinski definition) is 19. The topological polar surface area (TPSA) is 303 Å². The molecule has 4 N–H and O–H groups in total. The van der Waals surface area contributed by atoms with Crippen molar-refractivity contribution in [3.05, 3.63) is 248 Å². The molecular weight excluding hydrogens is 1300 g/mol. The number of carbonyl (C=O) groups is 2. The number of nitrogens with one attached hydrogen (secondary N) is 2. The van der Waals surface area contributed by atoms with Crippen molar-refractivity contribution in [2.45, 2.75) is 78.7 Å². The summed E-state index contributed by atoms with van der Waals surface area (Å²) in [6, 6.07) is 47.5. The predicted molar refractivity (Wildman–Crippen MR) is 371 cm³/mol. The third-order valence-corrected chi connectivity index (χ3v) is 16.7. The van der Waals surface area contributed by atoms with Crippen molar-refractivity contribution in [3.8, 4) is 68.8 Å². The van der Waals surface area contributed by atoms with Crippen LogP contribution in [0.2, 0.25) is 0 Å². The number of ether oxygens (including phenoxy) is 6. The second kappa shape index (κ2) is 31.5. The van der Waals surface area contributed by atoms with E-state index in [4.69, 9.17) is 34.2 Å². The summed E-state index contributed by atoms with van der Waals surface area (Å²) in [5, 5.41) is 10.5. The molecule has 10 aromatic rings. The molecule has 22 nitrogen and oxygen atoms in total. The summed E-state index contributed by atoms with van der Waals surface area (Å²) < 4.78 is 121. The van der Waals surface area contributed by atoms with Gasteiger partial charge in [-0.25, -0.2) is 33.2 Å². The van der Waals surface area contributed by atoms with Gasteiger partial charge in [-0.3, -0.25) is 9.59 Å². The molecular formula is C72H76F2N8O14S2. The number of rotatable bonds is 25. The maximum absolute atomic E-state index is 14.6. The predicted octanol–water partition coefficient (Wildman–Crippen LogP) is 15.3. The highest BCUT2D eigenvalue weighted by Gasteiger charge is 2.32. The van der Waals surface area contributed by atoms with Gasteiger partial charge in [0.25, 0.3) is 26.9 Å². The molecule has 0 aliphatic rings. The largest absolute Gasteiger partial charge is 0.493 e. The van der Waals surface area contributed by atoms with E-state index in [2.05, 4.69) is 19.9 Å². The van der Waals surface area contributed by atoms with E-state index in [1.807, 2.05) is 106 Å². The van der Waals surface area contributed by atoms with Gasteiger partial charge in [-0.1, -0.05) is 125 Å². The Kier molecular flexibility index (Phi) is 22.8. The maximum Gasteiger partial charge on any atom is 0.407 e. The number of carbonyl (C=O) groups excluding carboxylic acids is 2. The fourth-order valence-corrected chi connectivity index (χ4v) is 11.2. The SMILES string of the molecule is Cc1cccc(C)c1Oc1nc(-c2cc(F)cc(OCC(C)C)c2)ccc1C(=O)NS(=O)(=O)c1ccc(OCc2ccccc2)c(N)n1.Cc1cccc(C)c1Oc1nc(-c2cc(F)cc(OCC(C)C)c2)ccc1C(=O)NS(=O)(=O)c1ccc(OCc2ccccc2)c([N+](=O)[O-])n1.[HH].[HH].[HH].[HH]. The number of nitrogens with two attached hydrogens (primary N) is 1. The number of para-hydroxylation sites is 2. The van der Waals surface area contributed by atoms with Crippen LogP contribution in [0.3, 0.4) is 0 Å². The number of anilines is 1. The van der Waals surface area contributed by atoms with E-state index in [0.717, 1.165) is 34.4 Å². The third-order valence-electron chi connectivity index (χ3n) is 14.3. The minimum Gasteiger partial charge on any atom is -0.493 e. The Hall–Kier alpha value is -11.4. The number of pyridine rings is 4. The van der Waals surface area contributed by atoms with Crippen LogP contribution in [-0.4, -0.2) is 66.7 Å². The number of benzene rings is 6. The number of aryl methyl sites for hydroxylation is 4. The molecule has 0 aliphatic heterocycles. The normalized spacial score (nSPS) is 11.3. The van der Waals surface area contributed by atoms with Crippen molar-refractivity contribution in [2.75, 3.05) is 18.9 Å². The number of halogens is 2. The van der Waals surface area contributed by atoms with E-state index in [1.54, 1.807) is 68.4 Å². The highest BCUT2D eigenvalue weighted by Crippen LogP contribution is 2.37. The number of nitrogens with zero attached hydrogens (tertiary/aromatic N) is 5. The van der Waals surface area contributed by atoms with Gasteiger partial charge in [-0.2, -0.15) is 16.8 Å². The third kappa shape index (κ3) is 18.5. The van der Waals surface area contributed by atoms with E-state index in [1.165, 1.54) is 60.7 Å². The quantitative estimate of drug-likeness (QED) is 0.0354. The lowest BCUT2D eigenvalue weighted by Crippen LogP contribution is -2.31. The molecule has 0 bridgehead atoms. The monoisotopic (exact) mass is 1380 g/mol. The van der Waals surface area contributed by atoms with Crippen molar-refractivity contribution in [1.29, 1.82) is 0 Å². The Morgan fingerprint density at radius 1 is 0.510 bits per heavy atom. The fourth-order valence-electron chi connectivity index (χ4n) is 9.39. The van der Waals surface area contributed by atoms with Crippen molar-refractivity contribution in [2.24, 2.45) is 11.8 Å². The maximum atomic E-state index is 14.6. The smallest absolute Gasteiger partial charge is 0.407 e. The second-order valence-corrected chi connectivity index (χ2v) is 26.4. The van der Waals surface area contributed by atoms with Crippen LogP contribution in [0.4, 0.5) is 20.4 Å². The summed E-state index contributed by atoms with van der Waals surface area (Å²) in [6.07, 6.45) is 0. The minimum absolute atomic E-state index is 0. The van der Waals surface area contributed by atoms with Crippen LogP contribution in [0.5, 0.6) is 46.3 Å². The number of amides is 2. The zero-order chi connectivity index (χ0) is 70.4. The number of aromatic nitrogens is 4. The summed E-state index contributed by atoms with van der Waals surface area (Å²) in [7, 11) is -9.26. The Balaban J connectivity index is 0.000000354. The first kappa shape index (κ1) is 70.9. The number of sulfonamides is 2. The van der Waals surface area contributed by atoms with Crippen LogP contribution in [0.15, 0.2) is 192 Å². The second-order valence-electron chi connectivity index (χ2n) is 23.2. The number of nitrogen functional groups attached to an aromatic ring is 1. The Morgan fingerprint density at radius 3 is 1.31 bits per heavy atom. The molecule has 4 aromatic heterocycles. The van der Waals surface area contributed by atoms with E-state index >= 15 is 0 Å². The van der Waals surface area contributed by atoms with Crippen LogP contribution in [0.1, 0.15) is 87.5 Å². The van der Waals surface area contributed by atoms with Crippen molar-refractivity contribution < 1.29 is 74.3 Å². The summed E-state index contributed by atoms with van der Waals surface area (Å²) in [5.74, 6) is -3.05. The standard InChI is InChI=1S/C36H33FN4O8S.C36H35FN4O6S.4H2/c1-22(2)20-47-28-18-26(17-27(37)19-28)30-14-13-29(36(38-30)49-33-23(3)9-8-10-24(33)4)35(42)40-50(45,46)32-16-15-31(34(39-32)41(43)44)48-21-25-11-6-5-7-12-25;1-22(2)20-45-28-18-26(17-27(37)19-28)30-14-13-29(36(39-30)47-33-23(3)9-8-10-24(33)4)35(42)41-48(43,44)32-16-15-31(34(38)40-32)46-21-25-11-6-5-7-12-25;;;;/h5-19,22H,20-21H2,1-4H3,(H,40,42);5-19,22H,20-21H2,1-4H3,(H2,38,40)(H,41,42);4*1H. The molecule has 0 aliphatic carbocycles. The van der Waals surface area contributed by atoms with Gasteiger partial charge < -0.3 is 44.3 Å². The molecule has 6 aromatic carbocycles. The average molecular weight is 1380 g/mol. The summed E-state index contributed by atoms with van der Waals surface area (Å²) in [6.45, 7) is 16.0. The Morgan fingerprint density at radius 2 is 0.908 bits per heavy atom. The lowest BCUT2D eigenvalue weighted by Gasteiger charge is -2.16. The van der Waals surface area contributed by atoms with Gasteiger partial charge in [0.2, 0.25) is 17.5 Å². The number of hydrogen-bond donors (Lipinski definition) is 3. The van der Waals surface area contributed by atoms with Crippen molar-refractivity contribution in [3.63, 3.8) is 0 Å². The lowest BCUT2D eigenvalue weighted by molar-refractivity contribution is -0.391. The molecule has 4 heterocycles. The van der Waals surface area contributed by atoms with E-state index < -0.39 is 64.3 Å². The highest BCUT2D eigenvalue weighted by molar-refractivity contribution is 7.90. The number of nitro groups is 1. The Labute approximate surface area is 571 Å². The molecule has 514 valence electrons. The van der Waals surface area contributed by atoms with Crippen LogP contribution in [0, 0.1) is 61.3 Å². The van der Waals surface area contributed by atoms with Crippen LogP contribution >= 0.6 is 0 Å². The molecule has 98 heavy (non-hydrogen) atoms. The molecule has 0 radical (unpaired) electrons. The molecule has 0 fully saturated rings. The lowest BCUT2D eigenvalue weighted by atomic mass is 10.1. The molecule has 0 atom stereocenters. The molecule has 2 amide bonds. The molecule has 26 heteroatoms. The van der Waals surface area contributed by atoms with Crippen molar-refractivity contribution >= 4 is 43.5 Å². The van der Waals surface area contributed by atoms with Gasteiger partial charge in [-0.05, 0) is 150 Å². The van der Waals surface area contributed by atoms with Gasteiger partial charge in [0.05, 0.1) is 24.6 Å². The van der Waals surface area contributed by atoms with E-state index in [-0.39, 0.29) is 88.1 Å². The van der Waals surface area contributed by atoms with Crippen LogP contribution < -0.4 is 43.6 Å².